The van der Waals surface area contributed by atoms with E-state index in [4.69, 9.17) is 11.7 Å². The van der Waals surface area contributed by atoms with Crippen LogP contribution in [0.3, 0.4) is 0 Å². The molecule has 2 amide bonds. The number of urea groups is 1. The third-order valence-corrected chi connectivity index (χ3v) is 4.00. The Hall–Kier alpha value is -0.420. The lowest BCUT2D eigenvalue weighted by atomic mass is 10.6. The molecule has 0 aromatic heterocycles. The third kappa shape index (κ3) is 3.87. The van der Waals surface area contributed by atoms with E-state index in [0.717, 1.165) is 11.2 Å². The van der Waals surface area contributed by atoms with Crippen LogP contribution in [-0.2, 0) is 0 Å². The van der Waals surface area contributed by atoms with E-state index in [1.807, 2.05) is 12.3 Å². The van der Waals surface area contributed by atoms with E-state index in [9.17, 15) is 9.90 Å². The lowest BCUT2D eigenvalue weighted by Gasteiger charge is -2.28. The molecule has 0 radical (unpaired) electrons. The molecule has 0 aromatic carbocycles. The fourth-order valence-corrected chi connectivity index (χ4v) is 2.58. The number of aliphatic hydroxyl groups is 1. The molecule has 0 bridgehead atoms. The molecule has 2 unspecified atom stereocenters. The van der Waals surface area contributed by atoms with Gasteiger partial charge in [-0.3, -0.25) is 5.43 Å². The Morgan fingerprint density at radius 1 is 1.77 bits per heavy atom. The van der Waals surface area contributed by atoms with Crippen molar-refractivity contribution < 1.29 is 9.90 Å². The summed E-state index contributed by atoms with van der Waals surface area (Å²) >= 11 is 0. The quantitative estimate of drug-likeness (QED) is 0.224. The minimum Gasteiger partial charge on any atom is -0.387 e. The second-order valence-corrected chi connectivity index (χ2v) is 5.09. The van der Waals surface area contributed by atoms with Crippen LogP contribution < -0.4 is 17.1 Å². The van der Waals surface area contributed by atoms with Gasteiger partial charge in [0.15, 0.2) is 0 Å². The first-order valence-electron chi connectivity index (χ1n) is 4.04. The van der Waals surface area contributed by atoms with Gasteiger partial charge in [-0.15, -0.1) is 0 Å². The van der Waals surface area contributed by atoms with Crippen molar-refractivity contribution >= 4 is 14.1 Å². The van der Waals surface area contributed by atoms with Crippen molar-refractivity contribution in [3.8, 4) is 0 Å². The topological polar surface area (TPSA) is 105 Å². The summed E-state index contributed by atoms with van der Waals surface area (Å²) in [6.45, 7) is 3.58. The Balaban J connectivity index is 4.26. The van der Waals surface area contributed by atoms with Gasteiger partial charge >= 0.3 is 6.03 Å². The second-order valence-electron chi connectivity index (χ2n) is 2.59. The van der Waals surface area contributed by atoms with Crippen LogP contribution in [0.5, 0.6) is 0 Å². The molecule has 0 aliphatic heterocycles. The van der Waals surface area contributed by atoms with Crippen LogP contribution >= 0.6 is 8.07 Å². The molecular weight excluding hydrogens is 191 g/mol. The van der Waals surface area contributed by atoms with E-state index in [1.54, 1.807) is 6.92 Å². The third-order valence-electron chi connectivity index (χ3n) is 1.49. The van der Waals surface area contributed by atoms with E-state index >= 15 is 0 Å². The van der Waals surface area contributed by atoms with Gasteiger partial charge in [-0.2, -0.15) is 0 Å². The highest BCUT2D eigenvalue weighted by atomic mass is 31.1. The lowest BCUT2D eigenvalue weighted by Crippen LogP contribution is -2.45. The maximum Gasteiger partial charge on any atom is 0.349 e. The summed E-state index contributed by atoms with van der Waals surface area (Å²) in [6, 6.07) is -0.569. The predicted molar refractivity (Wildman–Crippen MR) is 52.5 cm³/mol. The average Bonchev–Trinajstić information content (AvgIpc) is 2.11. The molecular formula is C6H17N4O2P. The Morgan fingerprint density at radius 3 is 2.62 bits per heavy atom. The number of hydrogen-bond donors (Lipinski definition) is 4. The van der Waals surface area contributed by atoms with Crippen LogP contribution in [0.25, 0.3) is 0 Å². The zero-order chi connectivity index (χ0) is 10.4. The number of carbonyl (C=O) groups is 1. The molecule has 0 fully saturated rings. The summed E-state index contributed by atoms with van der Waals surface area (Å²) in [5.41, 5.74) is 1.93. The maximum absolute atomic E-state index is 11.0. The summed E-state index contributed by atoms with van der Waals surface area (Å²) < 4.78 is 0.990. The molecule has 0 heterocycles. The molecule has 0 aliphatic carbocycles. The van der Waals surface area contributed by atoms with Gasteiger partial charge in [0.2, 0.25) is 0 Å². The number of amides is 2. The van der Waals surface area contributed by atoms with Crippen molar-refractivity contribution in [1.82, 2.24) is 10.2 Å². The van der Waals surface area contributed by atoms with Gasteiger partial charge in [0.05, 0.1) is 5.85 Å². The number of nitrogens with zero attached hydrogens (tertiary/aromatic N) is 1. The molecule has 13 heavy (non-hydrogen) atoms. The standard InChI is InChI=1S/C6H17N4O2P/c1-3-4-13(5(2)11)10(8)6(12)9-7/h5,11H,3-4,7-8H2,1-2H3,(H,9,12). The summed E-state index contributed by atoms with van der Waals surface area (Å²) in [5, 5.41) is 9.34. The molecule has 0 aliphatic rings. The molecule has 2 atom stereocenters. The molecule has 0 aromatic rings. The Morgan fingerprint density at radius 2 is 2.31 bits per heavy atom. The summed E-state index contributed by atoms with van der Waals surface area (Å²) in [6.07, 6.45) is 1.57. The number of hydrogen-bond acceptors (Lipinski definition) is 4. The molecule has 7 heteroatoms. The van der Waals surface area contributed by atoms with Gasteiger partial charge in [0.1, 0.15) is 0 Å². The molecule has 6 nitrogen and oxygen atoms in total. The van der Waals surface area contributed by atoms with Crippen LogP contribution in [0.2, 0.25) is 0 Å². The van der Waals surface area contributed by atoms with Gasteiger partial charge in [0.25, 0.3) is 0 Å². The lowest BCUT2D eigenvalue weighted by molar-refractivity contribution is 0.220. The largest absolute Gasteiger partial charge is 0.387 e. The van der Waals surface area contributed by atoms with Gasteiger partial charge in [-0.1, -0.05) is 13.3 Å². The van der Waals surface area contributed by atoms with Crippen molar-refractivity contribution in [2.24, 2.45) is 11.7 Å². The number of aliphatic hydroxyl groups excluding tert-OH is 1. The van der Waals surface area contributed by atoms with Gasteiger partial charge in [-0.25, -0.2) is 21.3 Å². The smallest absolute Gasteiger partial charge is 0.349 e. The summed E-state index contributed by atoms with van der Waals surface area (Å²) in [5.74, 6) is 9.78. The van der Waals surface area contributed by atoms with Crippen LogP contribution in [0, 0.1) is 0 Å². The molecule has 0 rings (SSSR count). The highest BCUT2D eigenvalue weighted by Gasteiger charge is 2.23. The van der Waals surface area contributed by atoms with Crippen LogP contribution in [-0.4, -0.2) is 27.9 Å². The van der Waals surface area contributed by atoms with E-state index < -0.39 is 19.9 Å². The number of nitrogens with one attached hydrogen (secondary N) is 1. The minimum atomic E-state index is -1.05. The van der Waals surface area contributed by atoms with Crippen molar-refractivity contribution in [1.29, 1.82) is 0 Å². The van der Waals surface area contributed by atoms with Crippen LogP contribution in [0.15, 0.2) is 0 Å². The monoisotopic (exact) mass is 208 g/mol. The fourth-order valence-electron chi connectivity index (χ4n) is 0.887. The Bertz CT molecular complexity index is 167. The second kappa shape index (κ2) is 6.10. The van der Waals surface area contributed by atoms with E-state index in [2.05, 4.69) is 0 Å². The van der Waals surface area contributed by atoms with E-state index in [0.29, 0.717) is 6.16 Å². The number of carbonyl (C=O) groups excluding carboxylic acids is 1. The molecule has 6 N–H and O–H groups in total. The first-order valence-corrected chi connectivity index (χ1v) is 5.59. The highest BCUT2D eigenvalue weighted by Crippen LogP contribution is 2.42. The Labute approximate surface area is 79.0 Å². The molecule has 78 valence electrons. The maximum atomic E-state index is 11.0. The zero-order valence-corrected chi connectivity index (χ0v) is 8.79. The Kier molecular flexibility index (Phi) is 5.90. The predicted octanol–water partition coefficient (Wildman–Crippen LogP) is -0.109. The number of hydrazine groups is 2. The van der Waals surface area contributed by atoms with Crippen molar-refractivity contribution in [3.05, 3.63) is 0 Å². The van der Waals surface area contributed by atoms with Crippen molar-refractivity contribution in [2.45, 2.75) is 26.1 Å². The highest BCUT2D eigenvalue weighted by molar-refractivity contribution is 7.56. The summed E-state index contributed by atoms with van der Waals surface area (Å²) in [7, 11) is -1.05. The zero-order valence-electron chi connectivity index (χ0n) is 7.90. The van der Waals surface area contributed by atoms with E-state index in [-0.39, 0.29) is 0 Å². The van der Waals surface area contributed by atoms with Gasteiger partial charge in [-0.05, 0) is 13.1 Å². The van der Waals surface area contributed by atoms with Gasteiger partial charge < -0.3 is 5.11 Å². The first-order chi connectivity index (χ1) is 6.04. The minimum absolute atomic E-state index is 0.569. The van der Waals surface area contributed by atoms with Crippen molar-refractivity contribution in [2.75, 3.05) is 6.16 Å². The van der Waals surface area contributed by atoms with E-state index in [1.165, 1.54) is 0 Å². The number of rotatable bonds is 4. The molecule has 0 spiro atoms. The van der Waals surface area contributed by atoms with Crippen molar-refractivity contribution in [3.63, 3.8) is 0 Å². The molecule has 0 saturated carbocycles. The normalized spacial score (nSPS) is 14.8. The van der Waals surface area contributed by atoms with Gasteiger partial charge in [0, 0.05) is 8.07 Å². The SMILES string of the molecule is CCCP(C(C)O)N(N)C(=O)NN. The van der Waals surface area contributed by atoms with Crippen LogP contribution in [0.4, 0.5) is 4.79 Å². The van der Waals surface area contributed by atoms with Crippen LogP contribution in [0.1, 0.15) is 20.3 Å². The molecule has 0 saturated heterocycles. The first kappa shape index (κ1) is 12.6. The number of nitrogens with two attached hydrogens (primary N) is 2. The fraction of sp³-hybridized carbons (Fsp3) is 0.833. The summed E-state index contributed by atoms with van der Waals surface area (Å²) in [4.78, 5) is 11.0. The average molecular weight is 208 g/mol.